The third kappa shape index (κ3) is 4.57. The summed E-state index contributed by atoms with van der Waals surface area (Å²) in [5.74, 6) is 2.38. The quantitative estimate of drug-likeness (QED) is 0.770. The normalized spacial score (nSPS) is 14.0. The van der Waals surface area contributed by atoms with E-state index in [1.54, 1.807) is 7.11 Å². The van der Waals surface area contributed by atoms with Crippen LogP contribution in [0.25, 0.3) is 0 Å². The Bertz CT molecular complexity index is 320. The van der Waals surface area contributed by atoms with Crippen molar-refractivity contribution in [3.05, 3.63) is 24.3 Å². The molecule has 1 rings (SSSR count). The van der Waals surface area contributed by atoms with Gasteiger partial charge in [-0.3, -0.25) is 0 Å². The predicted octanol–water partition coefficient (Wildman–Crippen LogP) is 3.10. The average Bonchev–Trinajstić information content (AvgIpc) is 2.41. The Kier molecular flexibility index (Phi) is 6.58. The van der Waals surface area contributed by atoms with Crippen LogP contribution in [0.1, 0.15) is 26.7 Å². The van der Waals surface area contributed by atoms with Crippen LogP contribution in [-0.2, 0) is 0 Å². The van der Waals surface area contributed by atoms with E-state index in [0.717, 1.165) is 30.9 Å². The Labute approximate surface area is 110 Å². The molecule has 0 amide bonds. The summed E-state index contributed by atoms with van der Waals surface area (Å²) in [6.07, 6.45) is 2.21. The molecular formula is C15H25NO2. The van der Waals surface area contributed by atoms with Crippen LogP contribution in [-0.4, -0.2) is 26.8 Å². The summed E-state index contributed by atoms with van der Waals surface area (Å²) in [7, 11) is 3.69. The van der Waals surface area contributed by atoms with Gasteiger partial charge in [-0.25, -0.2) is 0 Å². The lowest BCUT2D eigenvalue weighted by Gasteiger charge is -2.22. The second-order valence-electron chi connectivity index (χ2n) is 4.59. The summed E-state index contributed by atoms with van der Waals surface area (Å²) < 4.78 is 10.8. The number of hydrogen-bond donors (Lipinski definition) is 1. The Morgan fingerprint density at radius 2 is 1.78 bits per heavy atom. The van der Waals surface area contributed by atoms with Gasteiger partial charge in [0.1, 0.15) is 11.5 Å². The number of rotatable bonds is 8. The molecule has 1 N–H and O–H groups in total. The summed E-state index contributed by atoms with van der Waals surface area (Å²) in [4.78, 5) is 0. The highest BCUT2D eigenvalue weighted by Gasteiger charge is 2.12. The molecule has 0 fully saturated rings. The Morgan fingerprint density at radius 1 is 1.17 bits per heavy atom. The lowest BCUT2D eigenvalue weighted by molar-refractivity contribution is 0.257. The fourth-order valence-electron chi connectivity index (χ4n) is 2.13. The van der Waals surface area contributed by atoms with Gasteiger partial charge in [0.15, 0.2) is 0 Å². The molecule has 3 heteroatoms. The summed E-state index contributed by atoms with van der Waals surface area (Å²) in [5, 5.41) is 3.34. The summed E-state index contributed by atoms with van der Waals surface area (Å²) in [6, 6.07) is 8.30. The first kappa shape index (κ1) is 14.8. The van der Waals surface area contributed by atoms with Crippen LogP contribution in [0.15, 0.2) is 24.3 Å². The van der Waals surface area contributed by atoms with Crippen molar-refractivity contribution in [3.63, 3.8) is 0 Å². The maximum Gasteiger partial charge on any atom is 0.119 e. The van der Waals surface area contributed by atoms with Crippen LogP contribution in [0.4, 0.5) is 0 Å². The Morgan fingerprint density at radius 3 is 2.28 bits per heavy atom. The van der Waals surface area contributed by atoms with Crippen LogP contribution < -0.4 is 14.8 Å². The molecule has 0 aliphatic carbocycles. The maximum atomic E-state index is 5.73. The average molecular weight is 251 g/mol. The number of hydrogen-bond acceptors (Lipinski definition) is 3. The first-order chi connectivity index (χ1) is 8.71. The van der Waals surface area contributed by atoms with E-state index in [4.69, 9.17) is 9.47 Å². The Hall–Kier alpha value is -1.22. The number of benzene rings is 1. The third-order valence-corrected chi connectivity index (χ3v) is 3.40. The van der Waals surface area contributed by atoms with Crippen LogP contribution in [0.2, 0.25) is 0 Å². The zero-order chi connectivity index (χ0) is 13.4. The van der Waals surface area contributed by atoms with E-state index < -0.39 is 0 Å². The van der Waals surface area contributed by atoms with Gasteiger partial charge in [0.05, 0.1) is 13.7 Å². The molecule has 0 saturated carbocycles. The van der Waals surface area contributed by atoms with Gasteiger partial charge in [0, 0.05) is 6.04 Å². The fraction of sp³-hybridized carbons (Fsp3) is 0.600. The second-order valence-corrected chi connectivity index (χ2v) is 4.59. The zero-order valence-corrected chi connectivity index (χ0v) is 11.9. The molecule has 0 aliphatic heterocycles. The van der Waals surface area contributed by atoms with Crippen molar-refractivity contribution in [1.82, 2.24) is 5.32 Å². The van der Waals surface area contributed by atoms with Gasteiger partial charge in [-0.2, -0.15) is 0 Å². The lowest BCUT2D eigenvalue weighted by Crippen LogP contribution is -2.32. The minimum absolute atomic E-state index is 0.574. The molecular weight excluding hydrogens is 226 g/mol. The van der Waals surface area contributed by atoms with Crippen molar-refractivity contribution >= 4 is 0 Å². The summed E-state index contributed by atoms with van der Waals surface area (Å²) in [5.41, 5.74) is 0. The molecule has 0 bridgehead atoms. The van der Waals surface area contributed by atoms with Gasteiger partial charge >= 0.3 is 0 Å². The number of ether oxygens (including phenoxy) is 2. The minimum Gasteiger partial charge on any atom is -0.497 e. The van der Waals surface area contributed by atoms with Crippen molar-refractivity contribution in [2.75, 3.05) is 20.8 Å². The molecule has 0 saturated heterocycles. The van der Waals surface area contributed by atoms with Gasteiger partial charge < -0.3 is 14.8 Å². The number of nitrogens with one attached hydrogen (secondary N) is 1. The highest BCUT2D eigenvalue weighted by Crippen LogP contribution is 2.18. The van der Waals surface area contributed by atoms with Crippen molar-refractivity contribution in [2.24, 2.45) is 5.92 Å². The highest BCUT2D eigenvalue weighted by atomic mass is 16.5. The SMILES string of the molecule is CCC(NC)C(C)CCOc1ccc(OC)cc1. The van der Waals surface area contributed by atoms with Crippen LogP contribution in [0.5, 0.6) is 11.5 Å². The molecule has 3 nitrogen and oxygen atoms in total. The standard InChI is InChI=1S/C15H25NO2/c1-5-15(16-3)12(2)10-11-18-14-8-6-13(17-4)7-9-14/h6-9,12,15-16H,5,10-11H2,1-4H3. The first-order valence-electron chi connectivity index (χ1n) is 6.65. The van der Waals surface area contributed by atoms with E-state index in [0.29, 0.717) is 12.0 Å². The Balaban J connectivity index is 2.32. The van der Waals surface area contributed by atoms with Crippen molar-refractivity contribution in [3.8, 4) is 11.5 Å². The predicted molar refractivity (Wildman–Crippen MR) is 75.4 cm³/mol. The summed E-state index contributed by atoms with van der Waals surface area (Å²) >= 11 is 0. The second kappa shape index (κ2) is 7.98. The molecule has 0 heterocycles. The molecule has 102 valence electrons. The smallest absolute Gasteiger partial charge is 0.119 e. The zero-order valence-electron chi connectivity index (χ0n) is 11.9. The van der Waals surface area contributed by atoms with E-state index in [2.05, 4.69) is 19.2 Å². The highest BCUT2D eigenvalue weighted by molar-refractivity contribution is 5.31. The molecule has 0 aliphatic rings. The lowest BCUT2D eigenvalue weighted by atomic mass is 9.97. The monoisotopic (exact) mass is 251 g/mol. The van der Waals surface area contributed by atoms with Crippen molar-refractivity contribution in [2.45, 2.75) is 32.7 Å². The van der Waals surface area contributed by atoms with Gasteiger partial charge in [0.25, 0.3) is 0 Å². The molecule has 0 aromatic heterocycles. The van der Waals surface area contributed by atoms with Gasteiger partial charge in [0.2, 0.25) is 0 Å². The largest absolute Gasteiger partial charge is 0.497 e. The molecule has 1 aromatic rings. The van der Waals surface area contributed by atoms with Gasteiger partial charge in [-0.1, -0.05) is 13.8 Å². The first-order valence-corrected chi connectivity index (χ1v) is 6.65. The number of methoxy groups -OCH3 is 1. The van der Waals surface area contributed by atoms with E-state index in [-0.39, 0.29) is 0 Å². The minimum atomic E-state index is 0.574. The van der Waals surface area contributed by atoms with Gasteiger partial charge in [-0.15, -0.1) is 0 Å². The molecule has 2 atom stereocenters. The van der Waals surface area contributed by atoms with Crippen molar-refractivity contribution in [1.29, 1.82) is 0 Å². The van der Waals surface area contributed by atoms with Crippen LogP contribution in [0, 0.1) is 5.92 Å². The third-order valence-electron chi connectivity index (χ3n) is 3.40. The molecule has 2 unspecified atom stereocenters. The van der Waals surface area contributed by atoms with Gasteiger partial charge in [-0.05, 0) is 50.1 Å². The van der Waals surface area contributed by atoms with E-state index in [1.165, 1.54) is 0 Å². The molecule has 0 radical (unpaired) electrons. The topological polar surface area (TPSA) is 30.5 Å². The van der Waals surface area contributed by atoms with E-state index >= 15 is 0 Å². The summed E-state index contributed by atoms with van der Waals surface area (Å²) in [6.45, 7) is 5.23. The maximum absolute atomic E-state index is 5.73. The van der Waals surface area contributed by atoms with Crippen LogP contribution >= 0.6 is 0 Å². The molecule has 1 aromatic carbocycles. The van der Waals surface area contributed by atoms with E-state index in [9.17, 15) is 0 Å². The molecule has 18 heavy (non-hydrogen) atoms. The van der Waals surface area contributed by atoms with E-state index in [1.807, 2.05) is 31.3 Å². The van der Waals surface area contributed by atoms with Crippen LogP contribution in [0.3, 0.4) is 0 Å². The molecule has 0 spiro atoms. The van der Waals surface area contributed by atoms with Crippen molar-refractivity contribution < 1.29 is 9.47 Å². The fourth-order valence-corrected chi connectivity index (χ4v) is 2.13.